The van der Waals surface area contributed by atoms with Crippen LogP contribution < -0.4 is 9.47 Å². The Labute approximate surface area is 202 Å². The molecule has 1 aromatic carbocycles. The molecule has 0 radical (unpaired) electrons. The fourth-order valence-electron chi connectivity index (χ4n) is 3.05. The van der Waals surface area contributed by atoms with Crippen LogP contribution in [0.5, 0.6) is 11.5 Å². The van der Waals surface area contributed by atoms with Crippen LogP contribution in [0.15, 0.2) is 60.1 Å². The van der Waals surface area contributed by atoms with Crippen molar-refractivity contribution >= 4 is 12.0 Å². The molecule has 1 atom stereocenters. The predicted molar refractivity (Wildman–Crippen MR) is 132 cm³/mol. The van der Waals surface area contributed by atoms with E-state index in [0.29, 0.717) is 29.4 Å². The number of carbonyl (C=O) groups excluding carboxylic acids is 1. The minimum Gasteiger partial charge on any atom is -0.503 e. The number of hydrogen-bond donors (Lipinski definition) is 0. The molecule has 1 saturated heterocycles. The van der Waals surface area contributed by atoms with Gasteiger partial charge in [0.2, 0.25) is 0 Å². The third-order valence-corrected chi connectivity index (χ3v) is 5.45. The molecule has 186 valence electrons. The van der Waals surface area contributed by atoms with Gasteiger partial charge in [-0.3, -0.25) is 0 Å². The molecule has 0 amide bonds. The molecule has 0 aromatic heterocycles. The van der Waals surface area contributed by atoms with Crippen molar-refractivity contribution in [1.29, 1.82) is 0 Å². The molecule has 0 spiro atoms. The van der Waals surface area contributed by atoms with Gasteiger partial charge in [-0.15, -0.1) is 0 Å². The fourth-order valence-corrected chi connectivity index (χ4v) is 3.05. The highest BCUT2D eigenvalue weighted by Gasteiger charge is 2.48. The van der Waals surface area contributed by atoms with E-state index in [1.807, 2.05) is 52.0 Å². The van der Waals surface area contributed by atoms with Crippen molar-refractivity contribution in [1.82, 2.24) is 0 Å². The average molecular weight is 473 g/mol. The number of hydrogen-bond acceptors (Lipinski definition) is 7. The third kappa shape index (κ3) is 7.15. The summed E-state index contributed by atoms with van der Waals surface area (Å²) in [6.07, 6.45) is 6.72. The molecule has 7 heteroatoms. The number of benzene rings is 1. The van der Waals surface area contributed by atoms with Gasteiger partial charge in [0, 0.05) is 5.57 Å². The first kappa shape index (κ1) is 27.1. The summed E-state index contributed by atoms with van der Waals surface area (Å²) >= 11 is 0. The van der Waals surface area contributed by atoms with E-state index in [0.717, 1.165) is 5.56 Å². The summed E-state index contributed by atoms with van der Waals surface area (Å²) in [7, 11) is 4.31. The highest BCUT2D eigenvalue weighted by Crippen LogP contribution is 2.38. The van der Waals surface area contributed by atoms with E-state index in [-0.39, 0.29) is 17.3 Å². The van der Waals surface area contributed by atoms with Crippen molar-refractivity contribution in [3.05, 3.63) is 65.7 Å². The minimum atomic E-state index is -0.564. The molecule has 1 aliphatic heterocycles. The second-order valence-corrected chi connectivity index (χ2v) is 8.92. The van der Waals surface area contributed by atoms with Crippen molar-refractivity contribution in [2.75, 3.05) is 27.9 Å². The van der Waals surface area contributed by atoms with Crippen molar-refractivity contribution in [2.24, 2.45) is 0 Å². The number of esters is 1. The van der Waals surface area contributed by atoms with Gasteiger partial charge in [-0.25, -0.2) is 4.79 Å². The quantitative estimate of drug-likeness (QED) is 0.103. The van der Waals surface area contributed by atoms with Gasteiger partial charge in [0.05, 0.1) is 33.2 Å². The van der Waals surface area contributed by atoms with E-state index in [4.69, 9.17) is 28.4 Å². The normalized spacial score (nSPS) is 18.1. The molecule has 1 aliphatic rings. The number of ether oxygens (including phenoxy) is 6. The van der Waals surface area contributed by atoms with Gasteiger partial charge in [-0.05, 0) is 64.5 Å². The monoisotopic (exact) mass is 472 g/mol. The van der Waals surface area contributed by atoms with Crippen LogP contribution in [0.25, 0.3) is 6.08 Å². The second kappa shape index (κ2) is 11.3. The van der Waals surface area contributed by atoms with Crippen molar-refractivity contribution in [2.45, 2.75) is 51.9 Å². The molecular formula is C27H36O7. The number of allylic oxidation sites excluding steroid dienone is 1. The summed E-state index contributed by atoms with van der Waals surface area (Å²) in [5.41, 5.74) is 0.947. The zero-order chi connectivity index (χ0) is 25.5. The van der Waals surface area contributed by atoms with E-state index in [2.05, 4.69) is 6.58 Å². The minimum absolute atomic E-state index is 0.0296. The van der Waals surface area contributed by atoms with Crippen LogP contribution in [-0.2, 0) is 23.7 Å². The van der Waals surface area contributed by atoms with Crippen LogP contribution in [0.1, 0.15) is 40.2 Å². The lowest BCUT2D eigenvalue weighted by Crippen LogP contribution is -2.25. The molecule has 7 nitrogen and oxygen atoms in total. The van der Waals surface area contributed by atoms with E-state index < -0.39 is 11.6 Å². The van der Waals surface area contributed by atoms with Gasteiger partial charge in [0.1, 0.15) is 29.6 Å². The van der Waals surface area contributed by atoms with Crippen LogP contribution in [0, 0.1) is 0 Å². The fraction of sp³-hybridized carbons (Fsp3) is 0.444. The summed E-state index contributed by atoms with van der Waals surface area (Å²) in [6.45, 7) is 13.9. The lowest BCUT2D eigenvalue weighted by atomic mass is 10.1. The molecule has 0 saturated carbocycles. The van der Waals surface area contributed by atoms with Crippen LogP contribution in [0.2, 0.25) is 0 Å². The maximum Gasteiger partial charge on any atom is 0.341 e. The molecule has 1 aromatic rings. The van der Waals surface area contributed by atoms with Crippen LogP contribution in [-0.4, -0.2) is 51.2 Å². The van der Waals surface area contributed by atoms with Gasteiger partial charge in [0.15, 0.2) is 11.5 Å². The first-order valence-corrected chi connectivity index (χ1v) is 11.0. The van der Waals surface area contributed by atoms with Crippen molar-refractivity contribution in [3.8, 4) is 11.5 Å². The summed E-state index contributed by atoms with van der Waals surface area (Å²) in [4.78, 5) is 12.1. The lowest BCUT2D eigenvalue weighted by Gasteiger charge is -2.24. The number of rotatable bonds is 12. The molecule has 1 heterocycles. The van der Waals surface area contributed by atoms with Crippen LogP contribution in [0.3, 0.4) is 0 Å². The van der Waals surface area contributed by atoms with E-state index >= 15 is 0 Å². The van der Waals surface area contributed by atoms with Crippen molar-refractivity contribution in [3.63, 3.8) is 0 Å². The van der Waals surface area contributed by atoms with Gasteiger partial charge >= 0.3 is 5.97 Å². The van der Waals surface area contributed by atoms with Gasteiger partial charge < -0.3 is 28.4 Å². The summed E-state index contributed by atoms with van der Waals surface area (Å²) in [6, 6.07) is 5.65. The third-order valence-electron chi connectivity index (χ3n) is 5.45. The maximum absolute atomic E-state index is 12.1. The number of methoxy groups -OCH3 is 3. The van der Waals surface area contributed by atoms with E-state index in [1.54, 1.807) is 19.1 Å². The Hall–Kier alpha value is -3.19. The van der Waals surface area contributed by atoms with Gasteiger partial charge in [0.25, 0.3) is 0 Å². The van der Waals surface area contributed by atoms with Gasteiger partial charge in [-0.1, -0.05) is 18.7 Å². The topological polar surface area (TPSA) is 75.8 Å². The number of carbonyl (C=O) groups is 1. The smallest absolute Gasteiger partial charge is 0.341 e. The molecule has 0 aliphatic carbocycles. The van der Waals surface area contributed by atoms with Crippen LogP contribution in [0.4, 0.5) is 0 Å². The largest absolute Gasteiger partial charge is 0.503 e. The maximum atomic E-state index is 12.1. The SMILES string of the molecule is C=CC(C)(C)Oc1ccc(/C=C/C(OC)=C(C)\C(=C/OC)C(=O)OC)cc1OC[C@@H]1OC1(C)C. The molecule has 2 rings (SSSR count). The lowest BCUT2D eigenvalue weighted by molar-refractivity contribution is -0.136. The molecular weight excluding hydrogens is 436 g/mol. The average Bonchev–Trinajstić information content (AvgIpc) is 3.42. The second-order valence-electron chi connectivity index (χ2n) is 8.92. The van der Waals surface area contributed by atoms with Gasteiger partial charge in [-0.2, -0.15) is 0 Å². The molecule has 34 heavy (non-hydrogen) atoms. The molecule has 1 fully saturated rings. The van der Waals surface area contributed by atoms with E-state index in [9.17, 15) is 4.79 Å². The Morgan fingerprint density at radius 2 is 1.85 bits per heavy atom. The standard InChI is InChI=1S/C27H36O7/c1-10-26(3,4)33-22-14-12-19(15-23(22)32-17-24-27(5,6)34-24)11-13-21(30-8)18(2)20(16-29-7)25(28)31-9/h10-16,24H,1,17H2,2-9H3/b13-11+,20-16+,21-18+/t24-/m0/s1. The highest BCUT2D eigenvalue weighted by molar-refractivity contribution is 5.93. The Balaban J connectivity index is 2.35. The molecule has 0 N–H and O–H groups in total. The zero-order valence-corrected chi connectivity index (χ0v) is 21.4. The summed E-state index contributed by atoms with van der Waals surface area (Å²) in [5.74, 6) is 1.17. The Morgan fingerprint density at radius 1 is 1.18 bits per heavy atom. The van der Waals surface area contributed by atoms with E-state index in [1.165, 1.54) is 27.6 Å². The van der Waals surface area contributed by atoms with Crippen molar-refractivity contribution < 1.29 is 33.2 Å². The van der Waals surface area contributed by atoms with Crippen LogP contribution >= 0.6 is 0 Å². The molecule has 0 unspecified atom stereocenters. The zero-order valence-electron chi connectivity index (χ0n) is 21.4. The summed E-state index contributed by atoms with van der Waals surface area (Å²) < 4.78 is 33.2. The predicted octanol–water partition coefficient (Wildman–Crippen LogP) is 5.22. The first-order valence-electron chi connectivity index (χ1n) is 11.0. The highest BCUT2D eigenvalue weighted by atomic mass is 16.6. The first-order chi connectivity index (χ1) is 16.0. The summed E-state index contributed by atoms with van der Waals surface area (Å²) in [5, 5.41) is 0. The Kier molecular flexibility index (Phi) is 8.99. The Morgan fingerprint density at radius 3 is 2.38 bits per heavy atom. The Bertz CT molecular complexity index is 983. The molecule has 0 bridgehead atoms. The number of epoxide rings is 1.